The molecule has 110 valence electrons. The lowest BCUT2D eigenvalue weighted by Gasteiger charge is -2.24. The first kappa shape index (κ1) is 15.4. The van der Waals surface area contributed by atoms with Crippen molar-refractivity contribution in [1.82, 2.24) is 15.3 Å². The summed E-state index contributed by atoms with van der Waals surface area (Å²) in [6.45, 7) is 6.16. The van der Waals surface area contributed by atoms with Gasteiger partial charge in [-0.1, -0.05) is 12.1 Å². The molecule has 1 aromatic carbocycles. The fourth-order valence-corrected chi connectivity index (χ4v) is 1.96. The summed E-state index contributed by atoms with van der Waals surface area (Å²) in [6, 6.07) is 8.08. The van der Waals surface area contributed by atoms with Gasteiger partial charge in [0.2, 0.25) is 5.28 Å². The number of rotatable bonds is 3. The highest BCUT2D eigenvalue weighted by Gasteiger charge is 2.13. The minimum absolute atomic E-state index is 0.142. The van der Waals surface area contributed by atoms with Crippen molar-refractivity contribution >= 4 is 23.4 Å². The smallest absolute Gasteiger partial charge is 0.222 e. The molecular weight excluding hydrogens is 289 g/mol. The Morgan fingerprint density at radius 1 is 1.19 bits per heavy atom. The van der Waals surface area contributed by atoms with Crippen molar-refractivity contribution in [1.29, 1.82) is 0 Å². The Labute approximate surface area is 128 Å². The molecule has 2 aromatic rings. The average Bonchev–Trinajstić information content (AvgIpc) is 2.37. The van der Waals surface area contributed by atoms with E-state index in [4.69, 9.17) is 11.6 Å². The summed E-state index contributed by atoms with van der Waals surface area (Å²) in [6.07, 6.45) is 3.46. The Morgan fingerprint density at radius 2 is 1.86 bits per heavy atom. The maximum atomic E-state index is 13.1. The molecule has 21 heavy (non-hydrogen) atoms. The van der Waals surface area contributed by atoms with E-state index in [9.17, 15) is 4.39 Å². The zero-order valence-corrected chi connectivity index (χ0v) is 12.9. The molecule has 0 aliphatic carbocycles. The van der Waals surface area contributed by atoms with E-state index < -0.39 is 0 Å². The molecule has 0 unspecified atom stereocenters. The van der Waals surface area contributed by atoms with Crippen LogP contribution in [-0.2, 0) is 0 Å². The average molecular weight is 306 g/mol. The fraction of sp³-hybridized carbons (Fsp3) is 0.250. The highest BCUT2D eigenvalue weighted by molar-refractivity contribution is 6.28. The summed E-state index contributed by atoms with van der Waals surface area (Å²) in [5.41, 5.74) is 2.27. The molecule has 5 heteroatoms. The van der Waals surface area contributed by atoms with Crippen molar-refractivity contribution in [2.45, 2.75) is 26.3 Å². The van der Waals surface area contributed by atoms with Gasteiger partial charge in [0.15, 0.2) is 0 Å². The van der Waals surface area contributed by atoms with Gasteiger partial charge in [0.25, 0.3) is 0 Å². The van der Waals surface area contributed by atoms with E-state index in [1.807, 2.05) is 6.08 Å². The van der Waals surface area contributed by atoms with Gasteiger partial charge in [-0.2, -0.15) is 0 Å². The highest BCUT2D eigenvalue weighted by Crippen LogP contribution is 2.19. The number of hydrogen-bond donors (Lipinski definition) is 1. The third kappa shape index (κ3) is 4.83. The fourth-order valence-electron chi connectivity index (χ4n) is 1.80. The van der Waals surface area contributed by atoms with Crippen LogP contribution in [0.5, 0.6) is 0 Å². The normalized spacial score (nSPS) is 12.3. The Bertz CT molecular complexity index is 645. The van der Waals surface area contributed by atoms with Gasteiger partial charge in [0, 0.05) is 17.4 Å². The van der Waals surface area contributed by atoms with Crippen LogP contribution < -0.4 is 5.32 Å². The SMILES string of the molecule is CC(C)(C)N/C(=C\c1ccnc(Cl)n1)c1ccc(F)cc1. The molecule has 0 saturated heterocycles. The van der Waals surface area contributed by atoms with Crippen LogP contribution in [-0.4, -0.2) is 15.5 Å². The molecule has 1 N–H and O–H groups in total. The van der Waals surface area contributed by atoms with E-state index in [1.54, 1.807) is 24.4 Å². The standard InChI is InChI=1S/C16H17ClFN3/c1-16(2,3)21-14(11-4-6-12(18)7-5-11)10-13-8-9-19-15(17)20-13/h4-10,21H,1-3H3/b14-10-. The van der Waals surface area contributed by atoms with Gasteiger partial charge in [-0.05, 0) is 62.2 Å². The lowest BCUT2D eigenvalue weighted by Crippen LogP contribution is -2.34. The maximum Gasteiger partial charge on any atom is 0.222 e. The zero-order valence-electron chi connectivity index (χ0n) is 12.2. The monoisotopic (exact) mass is 305 g/mol. The predicted molar refractivity (Wildman–Crippen MR) is 84.2 cm³/mol. The van der Waals surface area contributed by atoms with Crippen LogP contribution in [0.1, 0.15) is 32.0 Å². The van der Waals surface area contributed by atoms with Crippen LogP contribution in [0.4, 0.5) is 4.39 Å². The molecule has 0 aliphatic rings. The molecule has 0 saturated carbocycles. The Kier molecular flexibility index (Phi) is 4.58. The highest BCUT2D eigenvalue weighted by atomic mass is 35.5. The Morgan fingerprint density at radius 3 is 2.43 bits per heavy atom. The van der Waals surface area contributed by atoms with Crippen LogP contribution in [0.15, 0.2) is 36.5 Å². The van der Waals surface area contributed by atoms with Crippen LogP contribution in [0.25, 0.3) is 11.8 Å². The first-order valence-corrected chi connectivity index (χ1v) is 6.96. The molecule has 0 atom stereocenters. The lowest BCUT2D eigenvalue weighted by atomic mass is 10.0. The summed E-state index contributed by atoms with van der Waals surface area (Å²) in [7, 11) is 0. The molecule has 1 heterocycles. The van der Waals surface area contributed by atoms with Crippen molar-refractivity contribution in [3.8, 4) is 0 Å². The van der Waals surface area contributed by atoms with Crippen LogP contribution in [0, 0.1) is 5.82 Å². The number of aromatic nitrogens is 2. The lowest BCUT2D eigenvalue weighted by molar-refractivity contribution is 0.502. The second-order valence-corrected chi connectivity index (χ2v) is 6.03. The van der Waals surface area contributed by atoms with E-state index in [2.05, 4.69) is 36.1 Å². The third-order valence-electron chi connectivity index (χ3n) is 2.60. The molecule has 0 aliphatic heterocycles. The summed E-state index contributed by atoms with van der Waals surface area (Å²) < 4.78 is 13.1. The van der Waals surface area contributed by atoms with Crippen LogP contribution in [0.2, 0.25) is 5.28 Å². The molecule has 1 aromatic heterocycles. The minimum Gasteiger partial charge on any atom is -0.380 e. The summed E-state index contributed by atoms with van der Waals surface area (Å²) >= 11 is 5.81. The summed E-state index contributed by atoms with van der Waals surface area (Å²) in [4.78, 5) is 8.01. The molecule has 0 spiro atoms. The van der Waals surface area contributed by atoms with Gasteiger partial charge in [-0.3, -0.25) is 0 Å². The van der Waals surface area contributed by atoms with Gasteiger partial charge in [-0.15, -0.1) is 0 Å². The van der Waals surface area contributed by atoms with Crippen molar-refractivity contribution in [2.24, 2.45) is 0 Å². The molecule has 0 bridgehead atoms. The van der Waals surface area contributed by atoms with Gasteiger partial charge in [0.05, 0.1) is 5.69 Å². The molecule has 2 rings (SSSR count). The molecular formula is C16H17ClFN3. The number of nitrogens with one attached hydrogen (secondary N) is 1. The van der Waals surface area contributed by atoms with E-state index in [0.29, 0.717) is 5.69 Å². The van der Waals surface area contributed by atoms with E-state index in [1.165, 1.54) is 12.1 Å². The first-order chi connectivity index (χ1) is 9.83. The number of benzene rings is 1. The number of halogens is 2. The van der Waals surface area contributed by atoms with Gasteiger partial charge in [0.1, 0.15) is 5.82 Å². The third-order valence-corrected chi connectivity index (χ3v) is 2.79. The van der Waals surface area contributed by atoms with Gasteiger partial charge in [-0.25, -0.2) is 14.4 Å². The molecule has 3 nitrogen and oxygen atoms in total. The Balaban J connectivity index is 2.43. The molecule has 0 amide bonds. The van der Waals surface area contributed by atoms with Crippen LogP contribution >= 0.6 is 11.6 Å². The number of nitrogens with zero attached hydrogens (tertiary/aromatic N) is 2. The summed E-state index contributed by atoms with van der Waals surface area (Å²) in [5.74, 6) is -0.265. The van der Waals surface area contributed by atoms with Crippen molar-refractivity contribution < 1.29 is 4.39 Å². The van der Waals surface area contributed by atoms with E-state index >= 15 is 0 Å². The first-order valence-electron chi connectivity index (χ1n) is 6.58. The Hall–Kier alpha value is -1.94. The van der Waals surface area contributed by atoms with Crippen molar-refractivity contribution in [3.63, 3.8) is 0 Å². The van der Waals surface area contributed by atoms with E-state index in [0.717, 1.165) is 11.3 Å². The molecule has 0 fully saturated rings. The molecule has 0 radical (unpaired) electrons. The van der Waals surface area contributed by atoms with Crippen molar-refractivity contribution in [3.05, 3.63) is 58.9 Å². The van der Waals surface area contributed by atoms with Gasteiger partial charge >= 0.3 is 0 Å². The van der Waals surface area contributed by atoms with Gasteiger partial charge < -0.3 is 5.32 Å². The topological polar surface area (TPSA) is 37.8 Å². The van der Waals surface area contributed by atoms with Crippen LogP contribution in [0.3, 0.4) is 0 Å². The summed E-state index contributed by atoms with van der Waals surface area (Å²) in [5, 5.41) is 3.59. The van der Waals surface area contributed by atoms with E-state index in [-0.39, 0.29) is 16.6 Å². The quantitative estimate of drug-likeness (QED) is 0.865. The maximum absolute atomic E-state index is 13.1. The minimum atomic E-state index is -0.265. The zero-order chi connectivity index (χ0) is 15.5. The predicted octanol–water partition coefficient (Wildman–Crippen LogP) is 4.16. The second-order valence-electron chi connectivity index (χ2n) is 5.69. The number of hydrogen-bond acceptors (Lipinski definition) is 3. The second kappa shape index (κ2) is 6.22. The largest absolute Gasteiger partial charge is 0.380 e. The van der Waals surface area contributed by atoms with Crippen molar-refractivity contribution in [2.75, 3.05) is 0 Å².